The fourth-order valence-corrected chi connectivity index (χ4v) is 3.29. The van der Waals surface area contributed by atoms with E-state index in [2.05, 4.69) is 29.6 Å². The van der Waals surface area contributed by atoms with Crippen LogP contribution < -0.4 is 5.32 Å². The Morgan fingerprint density at radius 3 is 2.79 bits per heavy atom. The normalized spacial score (nSPS) is 11.0. The molecule has 2 heterocycles. The lowest BCUT2D eigenvalue weighted by molar-refractivity contribution is 0.108. The Labute approximate surface area is 163 Å². The third kappa shape index (κ3) is 3.62. The van der Waals surface area contributed by atoms with Crippen LogP contribution in [0.2, 0.25) is 0 Å². The van der Waals surface area contributed by atoms with Gasteiger partial charge in [0.05, 0.1) is 11.7 Å². The van der Waals surface area contributed by atoms with E-state index in [0.29, 0.717) is 28.8 Å². The van der Waals surface area contributed by atoms with Crippen LogP contribution >= 0.6 is 9.24 Å². The van der Waals surface area contributed by atoms with Gasteiger partial charge in [-0.15, -0.1) is 0 Å². The molecule has 0 fully saturated rings. The number of nitrogens with one attached hydrogen (secondary N) is 1. The fourth-order valence-electron chi connectivity index (χ4n) is 3.07. The van der Waals surface area contributed by atoms with Crippen molar-refractivity contribution in [2.45, 2.75) is 6.54 Å². The Morgan fingerprint density at radius 2 is 2.07 bits per heavy atom. The minimum Gasteiger partial charge on any atom is -0.365 e. The quantitative estimate of drug-likeness (QED) is 0.522. The molecule has 28 heavy (non-hydrogen) atoms. The summed E-state index contributed by atoms with van der Waals surface area (Å²) in [6.45, 7) is 0.394. The van der Waals surface area contributed by atoms with Crippen molar-refractivity contribution >= 4 is 31.5 Å². The first-order valence-electron chi connectivity index (χ1n) is 8.57. The molecule has 0 aliphatic heterocycles. The number of benzene rings is 2. The molecular weight excluding hydrogens is 376 g/mol. The standard InChI is InChI=1S/C20H17FN5OP/c1-26-10-14(9-25-26)13-6-16-18(17(7-13)20(27)28)23-11-24-19(16)22-8-12-3-2-4-15(21)5-12/h2-7,9-11H,8,28H2,1H3,(H,22,23,24). The number of carbonyl (C=O) groups excluding carboxylic acids is 1. The minimum absolute atomic E-state index is 0.162. The Bertz CT molecular complexity index is 1190. The lowest BCUT2D eigenvalue weighted by atomic mass is 10.0. The van der Waals surface area contributed by atoms with Crippen molar-refractivity contribution in [1.29, 1.82) is 0 Å². The molecule has 8 heteroatoms. The van der Waals surface area contributed by atoms with E-state index < -0.39 is 0 Å². The summed E-state index contributed by atoms with van der Waals surface area (Å²) < 4.78 is 15.1. The van der Waals surface area contributed by atoms with Crippen LogP contribution in [0.15, 0.2) is 55.1 Å². The molecule has 2 aromatic carbocycles. The highest BCUT2D eigenvalue weighted by Crippen LogP contribution is 2.31. The largest absolute Gasteiger partial charge is 0.365 e. The first-order chi connectivity index (χ1) is 13.5. The molecule has 6 nitrogen and oxygen atoms in total. The van der Waals surface area contributed by atoms with E-state index in [1.165, 1.54) is 18.5 Å². The number of rotatable bonds is 5. The van der Waals surface area contributed by atoms with E-state index in [1.807, 2.05) is 25.4 Å². The molecular formula is C20H17FN5OP. The number of anilines is 1. The van der Waals surface area contributed by atoms with Crippen molar-refractivity contribution in [2.75, 3.05) is 5.32 Å². The molecule has 4 aromatic rings. The van der Waals surface area contributed by atoms with E-state index in [0.717, 1.165) is 16.7 Å². The van der Waals surface area contributed by atoms with Gasteiger partial charge in [0.25, 0.3) is 0 Å². The van der Waals surface area contributed by atoms with Crippen LogP contribution in [0, 0.1) is 5.82 Å². The molecule has 0 aliphatic rings. The van der Waals surface area contributed by atoms with E-state index in [1.54, 1.807) is 23.0 Å². The van der Waals surface area contributed by atoms with Gasteiger partial charge in [0.2, 0.25) is 0 Å². The summed E-state index contributed by atoms with van der Waals surface area (Å²) in [5, 5.41) is 8.14. The number of hydrogen-bond donors (Lipinski definition) is 1. The summed E-state index contributed by atoms with van der Waals surface area (Å²) in [5.74, 6) is 0.286. The second-order valence-corrected chi connectivity index (χ2v) is 6.92. The monoisotopic (exact) mass is 393 g/mol. The van der Waals surface area contributed by atoms with Gasteiger partial charge in [-0.25, -0.2) is 14.4 Å². The SMILES string of the molecule is Cn1cc(-c2cc(C(=O)P)c3ncnc(NCc4cccc(F)c4)c3c2)cn1. The van der Waals surface area contributed by atoms with Crippen molar-refractivity contribution in [3.05, 3.63) is 72.1 Å². The maximum atomic E-state index is 13.4. The van der Waals surface area contributed by atoms with Crippen LogP contribution in [-0.2, 0) is 13.6 Å². The first kappa shape index (κ1) is 18.2. The van der Waals surface area contributed by atoms with Crippen LogP contribution in [-0.4, -0.2) is 25.3 Å². The van der Waals surface area contributed by atoms with Gasteiger partial charge in [-0.3, -0.25) is 9.48 Å². The van der Waals surface area contributed by atoms with E-state index in [-0.39, 0.29) is 11.3 Å². The molecule has 2 aromatic heterocycles. The Kier molecular flexibility index (Phi) is 4.84. The summed E-state index contributed by atoms with van der Waals surface area (Å²) in [5.41, 5.74) is 3.40. The third-order valence-corrected chi connectivity index (χ3v) is 4.70. The molecule has 1 unspecified atom stereocenters. The summed E-state index contributed by atoms with van der Waals surface area (Å²) >= 11 is 0. The number of halogens is 1. The molecule has 0 radical (unpaired) electrons. The number of nitrogens with zero attached hydrogens (tertiary/aromatic N) is 4. The van der Waals surface area contributed by atoms with Gasteiger partial charge in [0.15, 0.2) is 5.52 Å². The molecule has 140 valence electrons. The number of fused-ring (bicyclic) bond motifs is 1. The Morgan fingerprint density at radius 1 is 1.21 bits per heavy atom. The number of hydrogen-bond acceptors (Lipinski definition) is 5. The van der Waals surface area contributed by atoms with Crippen LogP contribution in [0.4, 0.5) is 10.2 Å². The minimum atomic E-state index is -0.290. The lowest BCUT2D eigenvalue weighted by Crippen LogP contribution is -2.04. The highest BCUT2D eigenvalue weighted by molar-refractivity contribution is 7.41. The summed E-state index contributed by atoms with van der Waals surface area (Å²) in [4.78, 5) is 20.8. The van der Waals surface area contributed by atoms with Crippen molar-refractivity contribution in [3.8, 4) is 11.1 Å². The molecule has 0 aliphatic carbocycles. The van der Waals surface area contributed by atoms with Crippen LogP contribution in [0.1, 0.15) is 15.9 Å². The number of aromatic nitrogens is 4. The summed E-state index contributed by atoms with van der Waals surface area (Å²) in [6.07, 6.45) is 5.03. The molecule has 0 amide bonds. The fraction of sp³-hybridized carbons (Fsp3) is 0.100. The first-order valence-corrected chi connectivity index (χ1v) is 9.15. The zero-order valence-corrected chi connectivity index (χ0v) is 16.2. The molecule has 0 saturated carbocycles. The van der Waals surface area contributed by atoms with Crippen LogP contribution in [0.5, 0.6) is 0 Å². The third-order valence-electron chi connectivity index (χ3n) is 4.39. The average Bonchev–Trinajstić information content (AvgIpc) is 3.12. The van der Waals surface area contributed by atoms with Gasteiger partial charge in [-0.1, -0.05) is 21.4 Å². The summed E-state index contributed by atoms with van der Waals surface area (Å²) in [7, 11) is 4.03. The maximum absolute atomic E-state index is 13.4. The topological polar surface area (TPSA) is 72.7 Å². The Hall–Kier alpha value is -3.18. The van der Waals surface area contributed by atoms with Gasteiger partial charge in [-0.2, -0.15) is 5.10 Å². The molecule has 0 spiro atoms. The van der Waals surface area contributed by atoms with Crippen molar-refractivity contribution in [3.63, 3.8) is 0 Å². The van der Waals surface area contributed by atoms with Gasteiger partial charge < -0.3 is 5.32 Å². The second kappa shape index (κ2) is 7.44. The highest BCUT2D eigenvalue weighted by atomic mass is 31.0. The van der Waals surface area contributed by atoms with Crippen LogP contribution in [0.25, 0.3) is 22.0 Å². The maximum Gasteiger partial charge on any atom is 0.180 e. The number of carbonyl (C=O) groups is 1. The summed E-state index contributed by atoms with van der Waals surface area (Å²) in [6, 6.07) is 10.1. The molecule has 0 saturated heterocycles. The van der Waals surface area contributed by atoms with Gasteiger partial charge in [-0.05, 0) is 35.4 Å². The van der Waals surface area contributed by atoms with E-state index in [9.17, 15) is 9.18 Å². The molecule has 1 N–H and O–H groups in total. The smallest absolute Gasteiger partial charge is 0.180 e. The van der Waals surface area contributed by atoms with Gasteiger partial charge in [0.1, 0.15) is 18.0 Å². The highest BCUT2D eigenvalue weighted by Gasteiger charge is 2.15. The van der Waals surface area contributed by atoms with Gasteiger partial charge >= 0.3 is 0 Å². The zero-order chi connectivity index (χ0) is 19.7. The van der Waals surface area contributed by atoms with Gasteiger partial charge in [0, 0.05) is 36.3 Å². The lowest BCUT2D eigenvalue weighted by Gasteiger charge is -2.12. The van der Waals surface area contributed by atoms with E-state index in [4.69, 9.17) is 0 Å². The molecule has 4 rings (SSSR count). The zero-order valence-electron chi connectivity index (χ0n) is 15.1. The Balaban J connectivity index is 1.80. The predicted octanol–water partition coefficient (Wildman–Crippen LogP) is 3.80. The average molecular weight is 393 g/mol. The predicted molar refractivity (Wildman–Crippen MR) is 110 cm³/mol. The van der Waals surface area contributed by atoms with Crippen molar-refractivity contribution < 1.29 is 9.18 Å². The number of aryl methyl sites for hydroxylation is 1. The second-order valence-electron chi connectivity index (χ2n) is 6.39. The molecule has 0 bridgehead atoms. The van der Waals surface area contributed by atoms with Crippen molar-refractivity contribution in [1.82, 2.24) is 19.7 Å². The van der Waals surface area contributed by atoms with Crippen LogP contribution in [0.3, 0.4) is 0 Å². The molecule has 1 atom stereocenters. The van der Waals surface area contributed by atoms with Crippen molar-refractivity contribution in [2.24, 2.45) is 7.05 Å². The van der Waals surface area contributed by atoms with E-state index >= 15 is 0 Å².